The van der Waals surface area contributed by atoms with Crippen LogP contribution in [-0.4, -0.2) is 30.4 Å². The van der Waals surface area contributed by atoms with Crippen LogP contribution in [0.2, 0.25) is 0 Å². The lowest BCUT2D eigenvalue weighted by Crippen LogP contribution is -2.29. The number of rotatable bonds is 4. The van der Waals surface area contributed by atoms with Gasteiger partial charge in [-0.1, -0.05) is 24.4 Å². The summed E-state index contributed by atoms with van der Waals surface area (Å²) < 4.78 is 32.3. The lowest BCUT2D eigenvalue weighted by molar-refractivity contribution is 0.438. The van der Waals surface area contributed by atoms with Crippen molar-refractivity contribution in [3.63, 3.8) is 0 Å². The van der Waals surface area contributed by atoms with Crippen LogP contribution < -0.4 is 10.0 Å². The summed E-state index contributed by atoms with van der Waals surface area (Å²) in [6, 6.07) is 0.0368. The number of aromatic nitrogens is 2. The molecule has 8 heteroatoms. The minimum Gasteiger partial charge on any atom is -0.406 e. The molecule has 2 N–H and O–H groups in total. The highest BCUT2D eigenvalue weighted by atomic mass is 32.2. The van der Waals surface area contributed by atoms with Gasteiger partial charge >= 0.3 is 6.01 Å². The molecule has 1 saturated heterocycles. The van der Waals surface area contributed by atoms with Crippen LogP contribution >= 0.6 is 0 Å². The van der Waals surface area contributed by atoms with Crippen LogP contribution in [0.3, 0.4) is 0 Å². The van der Waals surface area contributed by atoms with Crippen LogP contribution in [0.15, 0.2) is 4.42 Å². The first-order valence-electron chi connectivity index (χ1n) is 7.23. The highest BCUT2D eigenvalue weighted by Gasteiger charge is 2.29. The molecular weight excluding hydrogens is 280 g/mol. The van der Waals surface area contributed by atoms with E-state index in [-0.39, 0.29) is 17.3 Å². The Morgan fingerprint density at radius 2 is 1.90 bits per heavy atom. The molecule has 112 valence electrons. The summed E-state index contributed by atoms with van der Waals surface area (Å²) in [7, 11) is -3.41. The monoisotopic (exact) mass is 300 g/mol. The first kappa shape index (κ1) is 13.8. The minimum atomic E-state index is -3.41. The Balaban J connectivity index is 1.67. The third-order valence-electron chi connectivity index (χ3n) is 4.02. The van der Waals surface area contributed by atoms with Crippen molar-refractivity contribution in [1.82, 2.24) is 15.5 Å². The van der Waals surface area contributed by atoms with E-state index in [9.17, 15) is 8.42 Å². The van der Waals surface area contributed by atoms with Crippen molar-refractivity contribution in [2.24, 2.45) is 0 Å². The molecule has 0 radical (unpaired) electrons. The quantitative estimate of drug-likeness (QED) is 0.876. The fourth-order valence-electron chi connectivity index (χ4n) is 2.89. The molecule has 1 aromatic rings. The lowest BCUT2D eigenvalue weighted by atomic mass is 10.0. The van der Waals surface area contributed by atoms with Crippen LogP contribution in [0.5, 0.6) is 0 Å². The van der Waals surface area contributed by atoms with Crippen LogP contribution in [-0.2, 0) is 10.0 Å². The van der Waals surface area contributed by atoms with Gasteiger partial charge in [-0.3, -0.25) is 0 Å². The summed E-state index contributed by atoms with van der Waals surface area (Å²) in [4.78, 5) is 0. The van der Waals surface area contributed by atoms with Crippen molar-refractivity contribution >= 4 is 16.0 Å². The number of nitrogens with one attached hydrogen (secondary N) is 2. The maximum atomic E-state index is 12.2. The second-order valence-electron chi connectivity index (χ2n) is 5.50. The van der Waals surface area contributed by atoms with E-state index in [0.29, 0.717) is 18.7 Å². The Morgan fingerprint density at radius 1 is 1.10 bits per heavy atom. The van der Waals surface area contributed by atoms with E-state index in [1.165, 1.54) is 0 Å². The molecule has 1 aliphatic heterocycles. The highest BCUT2D eigenvalue weighted by Crippen LogP contribution is 2.26. The zero-order valence-electron chi connectivity index (χ0n) is 11.3. The number of hydrogen-bond acceptors (Lipinski definition) is 6. The summed E-state index contributed by atoms with van der Waals surface area (Å²) >= 11 is 0. The van der Waals surface area contributed by atoms with Crippen molar-refractivity contribution in [2.75, 3.05) is 11.3 Å². The van der Waals surface area contributed by atoms with Gasteiger partial charge in [0.05, 0.1) is 11.3 Å². The molecule has 20 heavy (non-hydrogen) atoms. The van der Waals surface area contributed by atoms with Gasteiger partial charge in [0.2, 0.25) is 15.9 Å². The standard InChI is InChI=1S/C12H20N4O3S/c17-20(18,9-5-2-1-3-6-9)16-12-15-14-11(19-12)10-7-4-8-13-10/h9-10,13H,1-8H2,(H,15,16). The van der Waals surface area contributed by atoms with Gasteiger partial charge < -0.3 is 9.73 Å². The van der Waals surface area contributed by atoms with Gasteiger partial charge in [-0.05, 0) is 32.2 Å². The molecule has 1 aromatic heterocycles. The van der Waals surface area contributed by atoms with E-state index in [4.69, 9.17) is 4.42 Å². The molecule has 0 spiro atoms. The molecule has 1 atom stereocenters. The van der Waals surface area contributed by atoms with E-state index >= 15 is 0 Å². The summed E-state index contributed by atoms with van der Waals surface area (Å²) in [5, 5.41) is 10.6. The fourth-order valence-corrected chi connectivity index (χ4v) is 4.34. The molecular formula is C12H20N4O3S. The van der Waals surface area contributed by atoms with Gasteiger partial charge in [0.25, 0.3) is 0 Å². The number of sulfonamides is 1. The normalized spacial score (nSPS) is 24.9. The van der Waals surface area contributed by atoms with Crippen molar-refractivity contribution in [3.05, 3.63) is 5.89 Å². The molecule has 1 saturated carbocycles. The third kappa shape index (κ3) is 2.95. The zero-order valence-corrected chi connectivity index (χ0v) is 12.2. The van der Waals surface area contributed by atoms with E-state index in [1.54, 1.807) is 0 Å². The van der Waals surface area contributed by atoms with Crippen LogP contribution in [0.1, 0.15) is 56.9 Å². The van der Waals surface area contributed by atoms with Crippen molar-refractivity contribution < 1.29 is 12.8 Å². The molecule has 1 unspecified atom stereocenters. The van der Waals surface area contributed by atoms with E-state index in [2.05, 4.69) is 20.2 Å². The van der Waals surface area contributed by atoms with Gasteiger partial charge in [0.1, 0.15) is 0 Å². The van der Waals surface area contributed by atoms with Crippen molar-refractivity contribution in [2.45, 2.75) is 56.2 Å². The molecule has 1 aliphatic carbocycles. The fraction of sp³-hybridized carbons (Fsp3) is 0.833. The summed E-state index contributed by atoms with van der Waals surface area (Å²) in [6.07, 6.45) is 6.47. The average molecular weight is 300 g/mol. The second kappa shape index (κ2) is 5.69. The SMILES string of the molecule is O=S(=O)(Nc1nnc(C2CCCN2)o1)C1CCCCC1. The summed E-state index contributed by atoms with van der Waals surface area (Å²) in [5.74, 6) is 0.462. The zero-order chi connectivity index (χ0) is 14.0. The van der Waals surface area contributed by atoms with Crippen LogP contribution in [0, 0.1) is 0 Å². The molecule has 0 aromatic carbocycles. The number of anilines is 1. The molecule has 2 aliphatic rings. The Bertz CT molecular complexity index is 545. The molecule has 2 heterocycles. The van der Waals surface area contributed by atoms with E-state index < -0.39 is 10.0 Å². The van der Waals surface area contributed by atoms with Gasteiger partial charge in [0.15, 0.2) is 0 Å². The largest absolute Gasteiger partial charge is 0.406 e. The average Bonchev–Trinajstić information content (AvgIpc) is 3.10. The molecule has 0 amide bonds. The predicted octanol–water partition coefficient (Wildman–Crippen LogP) is 1.57. The lowest BCUT2D eigenvalue weighted by Gasteiger charge is -2.21. The topological polar surface area (TPSA) is 97.1 Å². The Hall–Kier alpha value is -1.15. The van der Waals surface area contributed by atoms with Gasteiger partial charge in [-0.2, -0.15) is 0 Å². The van der Waals surface area contributed by atoms with Crippen LogP contribution in [0.4, 0.5) is 6.01 Å². The smallest absolute Gasteiger partial charge is 0.329 e. The predicted molar refractivity (Wildman–Crippen MR) is 73.7 cm³/mol. The van der Waals surface area contributed by atoms with Crippen molar-refractivity contribution in [3.8, 4) is 0 Å². The van der Waals surface area contributed by atoms with Gasteiger partial charge in [-0.15, -0.1) is 5.10 Å². The van der Waals surface area contributed by atoms with Gasteiger partial charge in [-0.25, -0.2) is 13.1 Å². The Kier molecular flexibility index (Phi) is 3.93. The molecule has 2 fully saturated rings. The first-order valence-corrected chi connectivity index (χ1v) is 8.78. The second-order valence-corrected chi connectivity index (χ2v) is 7.46. The maximum Gasteiger partial charge on any atom is 0.329 e. The molecule has 7 nitrogen and oxygen atoms in total. The third-order valence-corrected chi connectivity index (χ3v) is 5.83. The van der Waals surface area contributed by atoms with Crippen LogP contribution in [0.25, 0.3) is 0 Å². The Labute approximate surface area is 118 Å². The Morgan fingerprint density at radius 3 is 2.60 bits per heavy atom. The highest BCUT2D eigenvalue weighted by molar-refractivity contribution is 7.93. The maximum absolute atomic E-state index is 12.2. The van der Waals surface area contributed by atoms with Crippen molar-refractivity contribution in [1.29, 1.82) is 0 Å². The molecule has 0 bridgehead atoms. The van der Waals surface area contributed by atoms with E-state index in [1.807, 2.05) is 0 Å². The number of nitrogens with zero attached hydrogens (tertiary/aromatic N) is 2. The molecule has 3 rings (SSSR count). The summed E-state index contributed by atoms with van der Waals surface area (Å²) in [5.41, 5.74) is 0. The van der Waals surface area contributed by atoms with Gasteiger partial charge in [0, 0.05) is 0 Å². The number of hydrogen-bond donors (Lipinski definition) is 2. The van der Waals surface area contributed by atoms with E-state index in [0.717, 1.165) is 38.6 Å². The summed E-state index contributed by atoms with van der Waals surface area (Å²) in [6.45, 7) is 0.927. The minimum absolute atomic E-state index is 0.0146. The first-order chi connectivity index (χ1) is 9.65.